The van der Waals surface area contributed by atoms with Crippen LogP contribution in [-0.4, -0.2) is 46.4 Å². The second-order valence-corrected chi connectivity index (χ2v) is 9.23. The molecule has 2 heterocycles. The second kappa shape index (κ2) is 7.64. The number of ether oxygens (including phenoxy) is 1. The molecular weight excluding hydrogens is 406 g/mol. The van der Waals surface area contributed by atoms with Crippen molar-refractivity contribution in [2.75, 3.05) is 40.5 Å². The van der Waals surface area contributed by atoms with Gasteiger partial charge in [0.15, 0.2) is 0 Å². The fraction of sp³-hybridized carbons (Fsp3) is 0.333. The summed E-state index contributed by atoms with van der Waals surface area (Å²) in [6.45, 7) is 2.94. The number of carbonyl (C=O) groups is 2. The molecule has 4 rings (SSSR count). The Morgan fingerprint density at radius 2 is 1.77 bits per heavy atom. The van der Waals surface area contributed by atoms with Crippen molar-refractivity contribution in [3.8, 4) is 0 Å². The average Bonchev–Trinajstić information content (AvgIpc) is 3.29. The highest BCUT2D eigenvalue weighted by molar-refractivity contribution is 7.92. The van der Waals surface area contributed by atoms with Gasteiger partial charge in [0, 0.05) is 24.5 Å². The maximum absolute atomic E-state index is 12.9. The number of sulfonamides is 1. The number of anilines is 3. The molecule has 0 spiro atoms. The third-order valence-electron chi connectivity index (χ3n) is 5.30. The van der Waals surface area contributed by atoms with E-state index in [-0.39, 0.29) is 12.6 Å². The number of rotatable bonds is 4. The number of fused-ring (bicyclic) bond motifs is 2. The molecule has 0 atom stereocenters. The van der Waals surface area contributed by atoms with Crippen molar-refractivity contribution in [3.05, 3.63) is 53.1 Å². The minimum Gasteiger partial charge on any atom is -0.462 e. The standard InChI is InChI=1S/C21H23N3O5S/c1-3-29-20(25)16-5-4-6-17(11-16)22-21(26)23-9-7-14-13-19-15(12-18(14)23)8-10-24(19)30(2,27)28/h4-6,11-13H,3,7-10H2,1-2H3,(H,22,26). The van der Waals surface area contributed by atoms with Crippen LogP contribution in [0.15, 0.2) is 36.4 Å². The molecule has 0 radical (unpaired) electrons. The van der Waals surface area contributed by atoms with Gasteiger partial charge in [-0.3, -0.25) is 9.21 Å². The molecule has 2 aromatic rings. The van der Waals surface area contributed by atoms with Crippen molar-refractivity contribution in [2.24, 2.45) is 0 Å². The molecule has 0 aromatic heterocycles. The molecule has 0 bridgehead atoms. The van der Waals surface area contributed by atoms with Gasteiger partial charge in [0.05, 0.1) is 24.1 Å². The number of amides is 2. The average molecular weight is 429 g/mol. The van der Waals surface area contributed by atoms with Gasteiger partial charge < -0.3 is 10.1 Å². The lowest BCUT2D eigenvalue weighted by Crippen LogP contribution is -2.33. The lowest BCUT2D eigenvalue weighted by molar-refractivity contribution is 0.0526. The molecule has 2 aliphatic rings. The third-order valence-corrected chi connectivity index (χ3v) is 6.48. The summed E-state index contributed by atoms with van der Waals surface area (Å²) in [6.07, 6.45) is 2.47. The van der Waals surface area contributed by atoms with Crippen LogP contribution in [0.3, 0.4) is 0 Å². The zero-order valence-corrected chi connectivity index (χ0v) is 17.7. The smallest absolute Gasteiger partial charge is 0.338 e. The Hall–Kier alpha value is -3.07. The van der Waals surface area contributed by atoms with Crippen LogP contribution in [0, 0.1) is 0 Å². The van der Waals surface area contributed by atoms with Crippen molar-refractivity contribution in [2.45, 2.75) is 19.8 Å². The zero-order valence-electron chi connectivity index (χ0n) is 16.8. The topological polar surface area (TPSA) is 96.0 Å². The minimum atomic E-state index is -3.32. The van der Waals surface area contributed by atoms with Gasteiger partial charge in [-0.05, 0) is 61.2 Å². The molecule has 2 amide bonds. The Balaban J connectivity index is 1.55. The van der Waals surface area contributed by atoms with Crippen LogP contribution in [0.25, 0.3) is 0 Å². The summed E-state index contributed by atoms with van der Waals surface area (Å²) in [5.74, 6) is -0.439. The van der Waals surface area contributed by atoms with E-state index < -0.39 is 16.0 Å². The van der Waals surface area contributed by atoms with Crippen molar-refractivity contribution >= 4 is 39.1 Å². The quantitative estimate of drug-likeness (QED) is 0.754. The summed E-state index contributed by atoms with van der Waals surface area (Å²) in [6, 6.07) is 10.1. The molecule has 8 nitrogen and oxygen atoms in total. The van der Waals surface area contributed by atoms with Gasteiger partial charge in [0.2, 0.25) is 10.0 Å². The Morgan fingerprint density at radius 1 is 1.07 bits per heavy atom. The van der Waals surface area contributed by atoms with E-state index in [0.29, 0.717) is 42.9 Å². The second-order valence-electron chi connectivity index (χ2n) is 7.33. The number of esters is 1. The van der Waals surface area contributed by atoms with E-state index >= 15 is 0 Å². The van der Waals surface area contributed by atoms with Crippen molar-refractivity contribution in [1.29, 1.82) is 0 Å². The van der Waals surface area contributed by atoms with E-state index in [1.807, 2.05) is 12.1 Å². The minimum absolute atomic E-state index is 0.279. The molecule has 0 unspecified atom stereocenters. The molecule has 0 saturated heterocycles. The summed E-state index contributed by atoms with van der Waals surface area (Å²) >= 11 is 0. The van der Waals surface area contributed by atoms with Crippen LogP contribution in [0.1, 0.15) is 28.4 Å². The Morgan fingerprint density at radius 3 is 2.50 bits per heavy atom. The zero-order chi connectivity index (χ0) is 21.5. The fourth-order valence-electron chi connectivity index (χ4n) is 3.93. The summed E-state index contributed by atoms with van der Waals surface area (Å²) < 4.78 is 30.4. The number of nitrogens with one attached hydrogen (secondary N) is 1. The molecule has 1 N–H and O–H groups in total. The first-order valence-corrected chi connectivity index (χ1v) is 11.6. The molecule has 2 aliphatic heterocycles. The molecule has 9 heteroatoms. The molecule has 0 fully saturated rings. The van der Waals surface area contributed by atoms with Gasteiger partial charge in [0.25, 0.3) is 0 Å². The number of benzene rings is 2. The lowest BCUT2D eigenvalue weighted by Gasteiger charge is -2.20. The van der Waals surface area contributed by atoms with Crippen LogP contribution in [-0.2, 0) is 27.6 Å². The molecular formula is C21H23N3O5S. The van der Waals surface area contributed by atoms with Crippen LogP contribution in [0.5, 0.6) is 0 Å². The van der Waals surface area contributed by atoms with Crippen molar-refractivity contribution in [3.63, 3.8) is 0 Å². The Labute approximate surface area is 175 Å². The summed E-state index contributed by atoms with van der Waals surface area (Å²) in [5, 5.41) is 2.84. The van der Waals surface area contributed by atoms with Crippen molar-refractivity contribution in [1.82, 2.24) is 0 Å². The first kappa shape index (κ1) is 20.2. The highest BCUT2D eigenvalue weighted by Gasteiger charge is 2.32. The van der Waals surface area contributed by atoms with Gasteiger partial charge in [-0.25, -0.2) is 18.0 Å². The number of carbonyl (C=O) groups excluding carboxylic acids is 2. The lowest BCUT2D eigenvalue weighted by atomic mass is 10.1. The fourth-order valence-corrected chi connectivity index (χ4v) is 4.88. The van der Waals surface area contributed by atoms with E-state index in [9.17, 15) is 18.0 Å². The van der Waals surface area contributed by atoms with E-state index in [0.717, 1.165) is 16.8 Å². The molecule has 2 aromatic carbocycles. The number of urea groups is 1. The van der Waals surface area contributed by atoms with E-state index in [1.165, 1.54) is 10.6 Å². The summed E-state index contributed by atoms with van der Waals surface area (Å²) in [4.78, 5) is 26.5. The predicted octanol–water partition coefficient (Wildman–Crippen LogP) is 2.78. The number of nitrogens with zero attached hydrogens (tertiary/aromatic N) is 2. The van der Waals surface area contributed by atoms with Crippen LogP contribution < -0.4 is 14.5 Å². The SMILES string of the molecule is CCOC(=O)c1cccc(NC(=O)N2CCc3cc4c(cc32)CCN4S(C)(=O)=O)c1. The van der Waals surface area contributed by atoms with Gasteiger partial charge in [-0.1, -0.05) is 6.07 Å². The first-order chi connectivity index (χ1) is 14.3. The van der Waals surface area contributed by atoms with E-state index in [4.69, 9.17) is 4.74 Å². The van der Waals surface area contributed by atoms with Crippen LogP contribution in [0.2, 0.25) is 0 Å². The van der Waals surface area contributed by atoms with E-state index in [2.05, 4.69) is 5.32 Å². The van der Waals surface area contributed by atoms with Gasteiger partial charge in [0.1, 0.15) is 0 Å². The molecule has 30 heavy (non-hydrogen) atoms. The monoisotopic (exact) mass is 429 g/mol. The largest absolute Gasteiger partial charge is 0.462 e. The Kier molecular flexibility index (Phi) is 5.15. The predicted molar refractivity (Wildman–Crippen MR) is 115 cm³/mol. The van der Waals surface area contributed by atoms with Gasteiger partial charge in [-0.2, -0.15) is 0 Å². The maximum atomic E-state index is 12.9. The molecule has 0 saturated carbocycles. The van der Waals surface area contributed by atoms with Gasteiger partial charge >= 0.3 is 12.0 Å². The summed E-state index contributed by atoms with van der Waals surface area (Å²) in [7, 11) is -3.32. The first-order valence-electron chi connectivity index (χ1n) is 9.77. The van der Waals surface area contributed by atoms with Crippen LogP contribution in [0.4, 0.5) is 21.9 Å². The maximum Gasteiger partial charge on any atom is 0.338 e. The normalized spacial score (nSPS) is 15.0. The van der Waals surface area contributed by atoms with E-state index in [1.54, 1.807) is 36.1 Å². The third kappa shape index (κ3) is 3.72. The Bertz CT molecular complexity index is 1130. The van der Waals surface area contributed by atoms with Crippen molar-refractivity contribution < 1.29 is 22.7 Å². The number of hydrogen-bond donors (Lipinski definition) is 1. The molecule has 158 valence electrons. The van der Waals surface area contributed by atoms with Gasteiger partial charge in [-0.15, -0.1) is 0 Å². The highest BCUT2D eigenvalue weighted by Crippen LogP contribution is 2.39. The number of hydrogen-bond acceptors (Lipinski definition) is 5. The highest BCUT2D eigenvalue weighted by atomic mass is 32.2. The van der Waals surface area contributed by atoms with Crippen LogP contribution >= 0.6 is 0 Å². The summed E-state index contributed by atoms with van der Waals surface area (Å²) in [5.41, 5.74) is 4.24. The molecule has 0 aliphatic carbocycles.